The second-order valence-electron chi connectivity index (χ2n) is 5.35. The lowest BCUT2D eigenvalue weighted by Gasteiger charge is -2.26. The zero-order valence-electron chi connectivity index (χ0n) is 12.4. The summed E-state index contributed by atoms with van der Waals surface area (Å²) in [7, 11) is -3.39. The fraction of sp³-hybridized carbons (Fsp3) is 0.214. The summed E-state index contributed by atoms with van der Waals surface area (Å²) in [6.45, 7) is 0.618. The first-order valence-electron chi connectivity index (χ1n) is 7.19. The van der Waals surface area contributed by atoms with Gasteiger partial charge in [0, 0.05) is 30.5 Å². The lowest BCUT2D eigenvalue weighted by molar-refractivity contribution is -0.117. The normalized spacial score (nSPS) is 18.9. The standard InChI is InChI=1S/C14H13N5O3S2/c20-13(15-7-11-9-19-3-5-23-14(19)16-11)10-1-2-12-17-24(21,22)6-4-18(12)8-10/h1-3,5,8-9H,4,6-7H2,(H,15,20). The fourth-order valence-electron chi connectivity index (χ4n) is 2.47. The first-order valence-corrected chi connectivity index (χ1v) is 9.67. The van der Waals surface area contributed by atoms with E-state index in [4.69, 9.17) is 0 Å². The predicted octanol–water partition coefficient (Wildman–Crippen LogP) is 0.510. The van der Waals surface area contributed by atoms with Crippen LogP contribution in [0.1, 0.15) is 5.69 Å². The van der Waals surface area contributed by atoms with Crippen LogP contribution in [0.5, 0.6) is 0 Å². The van der Waals surface area contributed by atoms with Crippen molar-refractivity contribution >= 4 is 38.1 Å². The topological polar surface area (TPSA) is 96.1 Å². The highest BCUT2D eigenvalue weighted by Crippen LogP contribution is 2.16. The second-order valence-corrected chi connectivity index (χ2v) is 7.98. The molecule has 0 aliphatic carbocycles. The van der Waals surface area contributed by atoms with Crippen LogP contribution in [0.2, 0.25) is 0 Å². The number of hydrogen-bond acceptors (Lipinski definition) is 6. The van der Waals surface area contributed by atoms with E-state index in [0.29, 0.717) is 24.5 Å². The van der Waals surface area contributed by atoms with Gasteiger partial charge >= 0.3 is 0 Å². The van der Waals surface area contributed by atoms with Gasteiger partial charge in [-0.2, -0.15) is 0 Å². The maximum absolute atomic E-state index is 12.3. The predicted molar refractivity (Wildman–Crippen MR) is 90.1 cm³/mol. The third-order valence-electron chi connectivity index (χ3n) is 3.66. The van der Waals surface area contributed by atoms with Crippen LogP contribution in [-0.2, 0) is 21.4 Å². The van der Waals surface area contributed by atoms with Crippen molar-refractivity contribution in [3.63, 3.8) is 0 Å². The van der Waals surface area contributed by atoms with E-state index in [2.05, 4.69) is 14.7 Å². The molecular weight excluding hydrogens is 350 g/mol. The number of carbonyl (C=O) groups excluding carboxylic acids is 1. The van der Waals surface area contributed by atoms with Gasteiger partial charge in [0.15, 0.2) is 4.96 Å². The summed E-state index contributed by atoms with van der Waals surface area (Å²) in [6, 6.07) is 0. The summed E-state index contributed by atoms with van der Waals surface area (Å²) in [5.74, 6) is 0.0449. The molecule has 10 heteroatoms. The number of hydrogen-bond donors (Lipinski definition) is 1. The van der Waals surface area contributed by atoms with E-state index >= 15 is 0 Å². The molecule has 0 bridgehead atoms. The minimum Gasteiger partial charge on any atom is -0.346 e. The number of aromatic nitrogens is 2. The number of thiazole rings is 1. The van der Waals surface area contributed by atoms with Gasteiger partial charge in [0.2, 0.25) is 0 Å². The Balaban J connectivity index is 1.45. The number of fused-ring (bicyclic) bond motifs is 2. The summed E-state index contributed by atoms with van der Waals surface area (Å²) in [4.78, 5) is 19.2. The summed E-state index contributed by atoms with van der Waals surface area (Å²) < 4.78 is 28.5. The molecule has 2 aliphatic rings. The highest BCUT2D eigenvalue weighted by Gasteiger charge is 2.24. The third kappa shape index (κ3) is 2.85. The Morgan fingerprint density at radius 1 is 1.38 bits per heavy atom. The largest absolute Gasteiger partial charge is 0.346 e. The molecule has 1 N–H and O–H groups in total. The number of amidine groups is 1. The SMILES string of the molecule is O=C(NCc1cn2ccsc2n1)C1=CN2CCS(=O)(=O)N=C2C=C1. The van der Waals surface area contributed by atoms with E-state index in [0.717, 1.165) is 10.7 Å². The summed E-state index contributed by atoms with van der Waals surface area (Å²) >= 11 is 1.53. The van der Waals surface area contributed by atoms with Gasteiger partial charge in [-0.05, 0) is 12.2 Å². The van der Waals surface area contributed by atoms with E-state index < -0.39 is 10.0 Å². The average Bonchev–Trinajstić information content (AvgIpc) is 3.12. The van der Waals surface area contributed by atoms with Gasteiger partial charge in [-0.3, -0.25) is 9.20 Å². The molecule has 0 saturated carbocycles. The molecule has 0 fully saturated rings. The highest BCUT2D eigenvalue weighted by atomic mass is 32.2. The van der Waals surface area contributed by atoms with E-state index in [1.54, 1.807) is 17.2 Å². The maximum atomic E-state index is 12.3. The lowest BCUT2D eigenvalue weighted by atomic mass is 10.2. The molecule has 0 saturated heterocycles. The van der Waals surface area contributed by atoms with Crippen molar-refractivity contribution in [2.75, 3.05) is 12.3 Å². The van der Waals surface area contributed by atoms with Crippen molar-refractivity contribution in [1.29, 1.82) is 0 Å². The molecule has 0 aromatic carbocycles. The quantitative estimate of drug-likeness (QED) is 0.857. The Hall–Kier alpha value is -2.46. The molecule has 2 aromatic rings. The van der Waals surface area contributed by atoms with Gasteiger partial charge in [-0.1, -0.05) is 0 Å². The molecule has 4 rings (SSSR count). The number of sulfonamides is 1. The number of nitrogens with one attached hydrogen (secondary N) is 1. The third-order valence-corrected chi connectivity index (χ3v) is 5.59. The number of carbonyl (C=O) groups is 1. The Labute approximate surface area is 141 Å². The molecule has 24 heavy (non-hydrogen) atoms. The molecule has 0 spiro atoms. The Morgan fingerprint density at radius 3 is 3.08 bits per heavy atom. The van der Waals surface area contributed by atoms with E-state index in [9.17, 15) is 13.2 Å². The first kappa shape index (κ1) is 15.1. The Bertz CT molecular complexity index is 984. The second kappa shape index (κ2) is 5.56. The van der Waals surface area contributed by atoms with Crippen LogP contribution in [0.25, 0.3) is 4.96 Å². The van der Waals surface area contributed by atoms with E-state index in [1.165, 1.54) is 17.4 Å². The van der Waals surface area contributed by atoms with Crippen LogP contribution in [0.3, 0.4) is 0 Å². The van der Waals surface area contributed by atoms with Gasteiger partial charge in [-0.25, -0.2) is 13.4 Å². The summed E-state index contributed by atoms with van der Waals surface area (Å²) in [5, 5.41) is 4.76. The van der Waals surface area contributed by atoms with Crippen molar-refractivity contribution in [3.8, 4) is 0 Å². The molecular formula is C14H13N5O3S2. The van der Waals surface area contributed by atoms with Crippen LogP contribution in [0.4, 0.5) is 0 Å². The number of nitrogens with zero attached hydrogens (tertiary/aromatic N) is 4. The number of amides is 1. The molecule has 2 aromatic heterocycles. The smallest absolute Gasteiger partial charge is 0.256 e. The van der Waals surface area contributed by atoms with Crippen molar-refractivity contribution in [2.24, 2.45) is 4.40 Å². The Kier molecular flexibility index (Phi) is 3.50. The monoisotopic (exact) mass is 363 g/mol. The Morgan fingerprint density at radius 2 is 2.25 bits per heavy atom. The molecule has 0 radical (unpaired) electrons. The maximum Gasteiger partial charge on any atom is 0.256 e. The lowest BCUT2D eigenvalue weighted by Crippen LogP contribution is -2.38. The first-order chi connectivity index (χ1) is 11.5. The molecule has 4 heterocycles. The van der Waals surface area contributed by atoms with Gasteiger partial charge in [0.05, 0.1) is 23.6 Å². The highest BCUT2D eigenvalue weighted by molar-refractivity contribution is 7.90. The van der Waals surface area contributed by atoms with Crippen LogP contribution >= 0.6 is 11.3 Å². The molecule has 0 unspecified atom stereocenters. The van der Waals surface area contributed by atoms with Gasteiger partial charge in [0.25, 0.3) is 15.9 Å². The van der Waals surface area contributed by atoms with Crippen molar-refractivity contribution in [2.45, 2.75) is 6.54 Å². The fourth-order valence-corrected chi connectivity index (χ4v) is 4.16. The van der Waals surface area contributed by atoms with Crippen LogP contribution in [0.15, 0.2) is 46.1 Å². The van der Waals surface area contributed by atoms with Gasteiger partial charge in [-0.15, -0.1) is 15.7 Å². The zero-order valence-corrected chi connectivity index (χ0v) is 14.0. The molecule has 0 atom stereocenters. The molecule has 124 valence electrons. The molecule has 1 amide bonds. The summed E-state index contributed by atoms with van der Waals surface area (Å²) in [5.41, 5.74) is 1.23. The minimum absolute atomic E-state index is 0.0544. The van der Waals surface area contributed by atoms with E-state index in [-0.39, 0.29) is 11.7 Å². The van der Waals surface area contributed by atoms with Crippen LogP contribution in [-0.4, -0.2) is 46.7 Å². The van der Waals surface area contributed by atoms with Gasteiger partial charge in [0.1, 0.15) is 5.84 Å². The van der Waals surface area contributed by atoms with Crippen LogP contribution < -0.4 is 5.32 Å². The molecule has 2 aliphatic heterocycles. The van der Waals surface area contributed by atoms with Crippen molar-refractivity contribution in [1.82, 2.24) is 19.6 Å². The van der Waals surface area contributed by atoms with E-state index in [1.807, 2.05) is 22.2 Å². The minimum atomic E-state index is -3.39. The zero-order chi connectivity index (χ0) is 16.7. The number of imidazole rings is 1. The van der Waals surface area contributed by atoms with Crippen molar-refractivity contribution in [3.05, 3.63) is 47.4 Å². The summed E-state index contributed by atoms with van der Waals surface area (Å²) in [6.07, 6.45) is 8.51. The molecule has 8 nitrogen and oxygen atoms in total. The van der Waals surface area contributed by atoms with Crippen LogP contribution in [0, 0.1) is 0 Å². The van der Waals surface area contributed by atoms with Crippen molar-refractivity contribution < 1.29 is 13.2 Å². The average molecular weight is 363 g/mol. The number of rotatable bonds is 3. The van der Waals surface area contributed by atoms with Gasteiger partial charge < -0.3 is 10.2 Å².